The van der Waals surface area contributed by atoms with E-state index in [-0.39, 0.29) is 0 Å². The van der Waals surface area contributed by atoms with Crippen LogP contribution in [0.4, 0.5) is 0 Å². The van der Waals surface area contributed by atoms with E-state index in [2.05, 4.69) is 41.8 Å². The van der Waals surface area contributed by atoms with Gasteiger partial charge in [0.1, 0.15) is 15.0 Å². The molecule has 6 heteroatoms. The maximum Gasteiger partial charge on any atom is 0.141 e. The zero-order valence-corrected chi connectivity index (χ0v) is 13.3. The Morgan fingerprint density at radius 3 is 2.47 bits per heavy atom. The van der Waals surface area contributed by atoms with Crippen molar-refractivity contribution in [3.8, 4) is 0 Å². The third-order valence-corrected chi connectivity index (χ3v) is 3.91. The molecule has 0 aliphatic heterocycles. The third-order valence-electron chi connectivity index (χ3n) is 1.87. The molecule has 2 nitrogen and oxygen atoms in total. The quantitative estimate of drug-likeness (QED) is 0.544. The first kappa shape index (κ1) is 13.3. The molecule has 17 heavy (non-hydrogen) atoms. The second-order valence-corrected chi connectivity index (χ2v) is 6.29. The van der Waals surface area contributed by atoms with Crippen molar-refractivity contribution < 1.29 is 0 Å². The van der Waals surface area contributed by atoms with Gasteiger partial charge in [0.2, 0.25) is 0 Å². The number of hydrogen-bond acceptors (Lipinski definition) is 3. The lowest BCUT2D eigenvalue weighted by Gasteiger charge is -2.02. The summed E-state index contributed by atoms with van der Waals surface area (Å²) in [7, 11) is 0. The second kappa shape index (κ2) is 6.18. The van der Waals surface area contributed by atoms with Gasteiger partial charge in [-0.25, -0.2) is 9.97 Å². The van der Waals surface area contributed by atoms with Crippen LogP contribution in [0.5, 0.6) is 0 Å². The van der Waals surface area contributed by atoms with Crippen LogP contribution in [-0.4, -0.2) is 9.97 Å². The molecule has 0 radical (unpaired) electrons. The van der Waals surface area contributed by atoms with Crippen molar-refractivity contribution in [3.05, 3.63) is 50.4 Å². The smallest absolute Gasteiger partial charge is 0.141 e. The molecule has 0 saturated carbocycles. The average Bonchev–Trinajstić information content (AvgIpc) is 2.25. The third kappa shape index (κ3) is 4.25. The molecular formula is C11H7Br2ClN2S. The Kier molecular flexibility index (Phi) is 4.85. The summed E-state index contributed by atoms with van der Waals surface area (Å²) in [5.74, 6) is 1.48. The summed E-state index contributed by atoms with van der Waals surface area (Å²) in [5, 5.41) is 0.742. The van der Waals surface area contributed by atoms with Crippen molar-refractivity contribution in [1.29, 1.82) is 0 Å². The highest BCUT2D eigenvalue weighted by atomic mass is 79.9. The van der Waals surface area contributed by atoms with Gasteiger partial charge in [-0.15, -0.1) is 11.8 Å². The Morgan fingerprint density at radius 1 is 1.12 bits per heavy atom. The lowest BCUT2D eigenvalue weighted by Crippen LogP contribution is -1.93. The van der Waals surface area contributed by atoms with Gasteiger partial charge in [0.25, 0.3) is 0 Å². The number of nitrogens with zero attached hydrogens (tertiary/aromatic N) is 2. The molecule has 0 atom stereocenters. The minimum Gasteiger partial charge on any atom is -0.225 e. The molecule has 1 aromatic heterocycles. The molecule has 0 fully saturated rings. The second-order valence-electron chi connectivity index (χ2n) is 3.18. The van der Waals surface area contributed by atoms with Crippen molar-refractivity contribution >= 4 is 55.2 Å². The van der Waals surface area contributed by atoms with E-state index in [0.717, 1.165) is 24.9 Å². The molecule has 0 aliphatic rings. The average molecular weight is 395 g/mol. The van der Waals surface area contributed by atoms with E-state index in [9.17, 15) is 0 Å². The number of hydrogen-bond donors (Lipinski definition) is 0. The number of rotatable bonds is 3. The fourth-order valence-corrected chi connectivity index (χ4v) is 3.42. The fourth-order valence-electron chi connectivity index (χ4n) is 1.20. The highest BCUT2D eigenvalue weighted by Gasteiger charge is 2.03. The Bertz CT molecular complexity index is 516. The molecule has 0 aliphatic carbocycles. The summed E-state index contributed by atoms with van der Waals surface area (Å²) >= 11 is 14.3. The van der Waals surface area contributed by atoms with Gasteiger partial charge in [0, 0.05) is 16.0 Å². The van der Waals surface area contributed by atoms with E-state index < -0.39 is 0 Å². The van der Waals surface area contributed by atoms with Crippen LogP contribution in [0.25, 0.3) is 0 Å². The van der Waals surface area contributed by atoms with Gasteiger partial charge in [-0.1, -0.05) is 17.7 Å². The Morgan fingerprint density at radius 2 is 1.82 bits per heavy atom. The van der Waals surface area contributed by atoms with Crippen LogP contribution in [0.2, 0.25) is 5.02 Å². The van der Waals surface area contributed by atoms with Crippen molar-refractivity contribution in [3.63, 3.8) is 0 Å². The predicted molar refractivity (Wildman–Crippen MR) is 78.4 cm³/mol. The summed E-state index contributed by atoms with van der Waals surface area (Å²) in [6, 6.07) is 9.55. The largest absolute Gasteiger partial charge is 0.225 e. The fraction of sp³-hybridized carbons (Fsp3) is 0.0909. The van der Waals surface area contributed by atoms with Crippen molar-refractivity contribution in [1.82, 2.24) is 9.97 Å². The van der Waals surface area contributed by atoms with Gasteiger partial charge in [-0.3, -0.25) is 0 Å². The Hall–Kier alpha value is -0.100. The number of aromatic nitrogens is 2. The number of halogens is 3. The van der Waals surface area contributed by atoms with Gasteiger partial charge in [0.15, 0.2) is 0 Å². The van der Waals surface area contributed by atoms with Crippen LogP contribution in [0.1, 0.15) is 5.82 Å². The standard InChI is InChI=1S/C11H7Br2ClN2S/c12-9-5-10(13)16-11(15-9)6-17-8-3-1-2-7(14)4-8/h1-5H,6H2. The van der Waals surface area contributed by atoms with Crippen LogP contribution < -0.4 is 0 Å². The topological polar surface area (TPSA) is 25.8 Å². The highest BCUT2D eigenvalue weighted by Crippen LogP contribution is 2.25. The number of thioether (sulfide) groups is 1. The van der Waals surface area contributed by atoms with Crippen LogP contribution in [0, 0.1) is 0 Å². The van der Waals surface area contributed by atoms with Crippen LogP contribution >= 0.6 is 55.2 Å². The molecule has 0 saturated heterocycles. The molecule has 2 aromatic rings. The molecule has 2 rings (SSSR count). The molecule has 0 bridgehead atoms. The Balaban J connectivity index is 2.07. The maximum atomic E-state index is 5.92. The van der Waals surface area contributed by atoms with Crippen LogP contribution in [0.15, 0.2) is 44.4 Å². The maximum absolute atomic E-state index is 5.92. The SMILES string of the molecule is Clc1cccc(SCc2nc(Br)cc(Br)n2)c1. The molecule has 0 N–H and O–H groups in total. The first-order valence-corrected chi connectivity index (χ1v) is 7.66. The van der Waals surface area contributed by atoms with Gasteiger partial charge >= 0.3 is 0 Å². The zero-order valence-electron chi connectivity index (χ0n) is 8.53. The van der Waals surface area contributed by atoms with Crippen molar-refractivity contribution in [2.75, 3.05) is 0 Å². The van der Waals surface area contributed by atoms with E-state index in [0.29, 0.717) is 5.75 Å². The predicted octanol–water partition coefficient (Wildman–Crippen LogP) is 4.95. The first-order valence-electron chi connectivity index (χ1n) is 4.71. The van der Waals surface area contributed by atoms with E-state index in [1.165, 1.54) is 0 Å². The molecule has 0 unspecified atom stereocenters. The van der Waals surface area contributed by atoms with Crippen LogP contribution in [0.3, 0.4) is 0 Å². The number of benzene rings is 1. The molecule has 0 spiro atoms. The van der Waals surface area contributed by atoms with Gasteiger partial charge in [-0.05, 0) is 50.1 Å². The summed E-state index contributed by atoms with van der Waals surface area (Å²) in [5.41, 5.74) is 0. The highest BCUT2D eigenvalue weighted by molar-refractivity contribution is 9.11. The van der Waals surface area contributed by atoms with E-state index in [1.807, 2.05) is 30.3 Å². The minimum atomic E-state index is 0.707. The lowest BCUT2D eigenvalue weighted by atomic mass is 10.4. The molecule has 0 amide bonds. The summed E-state index contributed by atoms with van der Waals surface area (Å²) in [6.45, 7) is 0. The lowest BCUT2D eigenvalue weighted by molar-refractivity contribution is 0.996. The van der Waals surface area contributed by atoms with E-state index in [1.54, 1.807) is 11.8 Å². The van der Waals surface area contributed by atoms with Crippen molar-refractivity contribution in [2.45, 2.75) is 10.6 Å². The molecule has 1 aromatic carbocycles. The summed E-state index contributed by atoms with van der Waals surface area (Å²) in [4.78, 5) is 9.70. The zero-order chi connectivity index (χ0) is 12.3. The normalized spacial score (nSPS) is 10.5. The van der Waals surface area contributed by atoms with E-state index >= 15 is 0 Å². The minimum absolute atomic E-state index is 0.707. The molecule has 88 valence electrons. The summed E-state index contributed by atoms with van der Waals surface area (Å²) < 4.78 is 1.56. The molecular weight excluding hydrogens is 387 g/mol. The first-order chi connectivity index (χ1) is 8.13. The molecule has 1 heterocycles. The van der Waals surface area contributed by atoms with E-state index in [4.69, 9.17) is 11.6 Å². The monoisotopic (exact) mass is 392 g/mol. The van der Waals surface area contributed by atoms with Gasteiger partial charge in [-0.2, -0.15) is 0 Å². The van der Waals surface area contributed by atoms with Gasteiger partial charge in [0.05, 0.1) is 5.75 Å². The van der Waals surface area contributed by atoms with Crippen molar-refractivity contribution in [2.24, 2.45) is 0 Å². The van der Waals surface area contributed by atoms with Crippen LogP contribution in [-0.2, 0) is 5.75 Å². The summed E-state index contributed by atoms with van der Waals surface area (Å²) in [6.07, 6.45) is 0. The van der Waals surface area contributed by atoms with Gasteiger partial charge < -0.3 is 0 Å². The Labute approximate surface area is 125 Å².